The summed E-state index contributed by atoms with van der Waals surface area (Å²) in [6, 6.07) is 8.35. The Morgan fingerprint density at radius 3 is 2.76 bits per heavy atom. The Labute approximate surface area is 114 Å². The highest BCUT2D eigenvalue weighted by molar-refractivity contribution is 9.09. The van der Waals surface area contributed by atoms with Crippen molar-refractivity contribution in [3.63, 3.8) is 0 Å². The monoisotopic (exact) mass is 298 g/mol. The molecular weight excluding hydrogens is 276 g/mol. The van der Waals surface area contributed by atoms with Gasteiger partial charge < -0.3 is 4.74 Å². The fourth-order valence-electron chi connectivity index (χ4n) is 1.95. The van der Waals surface area contributed by atoms with Gasteiger partial charge in [0.1, 0.15) is 5.75 Å². The molecule has 17 heavy (non-hydrogen) atoms. The van der Waals surface area contributed by atoms with Crippen LogP contribution in [0.3, 0.4) is 0 Å². The van der Waals surface area contributed by atoms with Gasteiger partial charge in [-0.1, -0.05) is 60.7 Å². The van der Waals surface area contributed by atoms with Crippen LogP contribution in [-0.4, -0.2) is 11.9 Å². The first kappa shape index (κ1) is 14.6. The van der Waals surface area contributed by atoms with Crippen molar-refractivity contribution in [1.82, 2.24) is 0 Å². The zero-order valence-corrected chi connectivity index (χ0v) is 12.5. The topological polar surface area (TPSA) is 9.23 Å². The molecular formula is C15H23BrO. The number of ether oxygens (including phenoxy) is 1. The molecule has 2 heteroatoms. The molecule has 96 valence electrons. The van der Waals surface area contributed by atoms with Gasteiger partial charge in [0.2, 0.25) is 0 Å². The summed E-state index contributed by atoms with van der Waals surface area (Å²) < 4.78 is 5.23. The standard InChI is InChI=1S/C15H23BrO/c1-3-4-5-6-9-14(16)11-13-8-7-10-15(12-13)17-2/h7-8,10,12,14H,3-6,9,11H2,1-2H3. The van der Waals surface area contributed by atoms with Crippen molar-refractivity contribution in [3.8, 4) is 5.75 Å². The summed E-state index contributed by atoms with van der Waals surface area (Å²) in [7, 11) is 1.72. The van der Waals surface area contributed by atoms with Gasteiger partial charge in [-0.2, -0.15) is 0 Å². The van der Waals surface area contributed by atoms with E-state index in [4.69, 9.17) is 4.74 Å². The maximum absolute atomic E-state index is 5.23. The van der Waals surface area contributed by atoms with Crippen LogP contribution in [0.1, 0.15) is 44.6 Å². The Hall–Kier alpha value is -0.500. The predicted molar refractivity (Wildman–Crippen MR) is 78.2 cm³/mol. The lowest BCUT2D eigenvalue weighted by Gasteiger charge is -2.10. The third-order valence-corrected chi connectivity index (χ3v) is 3.74. The summed E-state index contributed by atoms with van der Waals surface area (Å²) in [5.74, 6) is 0.952. The second kappa shape index (κ2) is 8.57. The van der Waals surface area contributed by atoms with Crippen molar-refractivity contribution in [3.05, 3.63) is 29.8 Å². The molecule has 0 aliphatic rings. The minimum absolute atomic E-state index is 0.589. The van der Waals surface area contributed by atoms with Crippen molar-refractivity contribution in [1.29, 1.82) is 0 Å². The Bertz CT molecular complexity index is 312. The maximum Gasteiger partial charge on any atom is 0.119 e. The second-order valence-corrected chi connectivity index (χ2v) is 5.80. The lowest BCUT2D eigenvalue weighted by molar-refractivity contribution is 0.414. The molecule has 0 fully saturated rings. The third kappa shape index (κ3) is 6.11. The van der Waals surface area contributed by atoms with Crippen LogP contribution in [0.2, 0.25) is 0 Å². The van der Waals surface area contributed by atoms with Gasteiger partial charge in [-0.15, -0.1) is 0 Å². The first-order valence-electron chi connectivity index (χ1n) is 6.53. The van der Waals surface area contributed by atoms with E-state index >= 15 is 0 Å². The van der Waals surface area contributed by atoms with Gasteiger partial charge in [-0.05, 0) is 30.5 Å². The molecule has 0 amide bonds. The lowest BCUT2D eigenvalue weighted by atomic mass is 10.0. The Kier molecular flexibility index (Phi) is 7.34. The van der Waals surface area contributed by atoms with Crippen molar-refractivity contribution >= 4 is 15.9 Å². The van der Waals surface area contributed by atoms with Gasteiger partial charge in [-0.3, -0.25) is 0 Å². The molecule has 0 saturated heterocycles. The highest BCUT2D eigenvalue weighted by atomic mass is 79.9. The minimum Gasteiger partial charge on any atom is -0.497 e. The molecule has 1 unspecified atom stereocenters. The SMILES string of the molecule is CCCCCCC(Br)Cc1cccc(OC)c1. The van der Waals surface area contributed by atoms with Crippen LogP contribution in [0.5, 0.6) is 5.75 Å². The summed E-state index contributed by atoms with van der Waals surface area (Å²) in [5, 5.41) is 0. The zero-order chi connectivity index (χ0) is 12.5. The van der Waals surface area contributed by atoms with Gasteiger partial charge in [-0.25, -0.2) is 0 Å². The number of benzene rings is 1. The zero-order valence-electron chi connectivity index (χ0n) is 10.9. The van der Waals surface area contributed by atoms with E-state index in [0.717, 1.165) is 12.2 Å². The maximum atomic E-state index is 5.23. The van der Waals surface area contributed by atoms with Crippen LogP contribution in [0.15, 0.2) is 24.3 Å². The molecule has 0 aliphatic carbocycles. The van der Waals surface area contributed by atoms with Gasteiger partial charge in [0, 0.05) is 4.83 Å². The molecule has 1 rings (SSSR count). The van der Waals surface area contributed by atoms with Gasteiger partial charge in [0.15, 0.2) is 0 Å². The summed E-state index contributed by atoms with van der Waals surface area (Å²) >= 11 is 3.77. The molecule has 0 radical (unpaired) electrons. The average Bonchev–Trinajstić information content (AvgIpc) is 2.35. The van der Waals surface area contributed by atoms with Crippen molar-refractivity contribution in [2.75, 3.05) is 7.11 Å². The first-order valence-corrected chi connectivity index (χ1v) is 7.44. The highest BCUT2D eigenvalue weighted by Crippen LogP contribution is 2.20. The molecule has 1 aromatic rings. The predicted octanol–water partition coefficient (Wildman–Crippen LogP) is 4.97. The first-order chi connectivity index (χ1) is 8.26. The van der Waals surface area contributed by atoms with E-state index in [1.807, 2.05) is 6.07 Å². The Balaban J connectivity index is 2.31. The normalized spacial score (nSPS) is 12.4. The molecule has 0 N–H and O–H groups in total. The van der Waals surface area contributed by atoms with E-state index in [2.05, 4.69) is 41.1 Å². The van der Waals surface area contributed by atoms with E-state index in [-0.39, 0.29) is 0 Å². The van der Waals surface area contributed by atoms with Gasteiger partial charge in [0.05, 0.1) is 7.11 Å². The quantitative estimate of drug-likeness (QED) is 0.486. The molecule has 0 saturated carbocycles. The summed E-state index contributed by atoms with van der Waals surface area (Å²) in [4.78, 5) is 0.589. The summed E-state index contributed by atoms with van der Waals surface area (Å²) in [5.41, 5.74) is 1.35. The second-order valence-electron chi connectivity index (χ2n) is 4.50. The molecule has 0 aromatic heterocycles. The van der Waals surface area contributed by atoms with E-state index in [1.54, 1.807) is 7.11 Å². The van der Waals surface area contributed by atoms with E-state index in [1.165, 1.54) is 37.7 Å². The number of rotatable bonds is 8. The lowest BCUT2D eigenvalue weighted by Crippen LogP contribution is -2.02. The molecule has 0 spiro atoms. The molecule has 1 aromatic carbocycles. The Morgan fingerprint density at radius 1 is 1.24 bits per heavy atom. The molecule has 0 aliphatic heterocycles. The van der Waals surface area contributed by atoms with Crippen LogP contribution < -0.4 is 4.74 Å². The molecule has 0 bridgehead atoms. The van der Waals surface area contributed by atoms with Crippen molar-refractivity contribution < 1.29 is 4.74 Å². The Morgan fingerprint density at radius 2 is 2.06 bits per heavy atom. The van der Waals surface area contributed by atoms with E-state index in [0.29, 0.717) is 4.83 Å². The average molecular weight is 299 g/mol. The van der Waals surface area contributed by atoms with Crippen molar-refractivity contribution in [2.45, 2.75) is 50.3 Å². The van der Waals surface area contributed by atoms with Crippen LogP contribution in [0, 0.1) is 0 Å². The number of unbranched alkanes of at least 4 members (excludes halogenated alkanes) is 3. The fraction of sp³-hybridized carbons (Fsp3) is 0.600. The largest absolute Gasteiger partial charge is 0.497 e. The van der Waals surface area contributed by atoms with Gasteiger partial charge in [0.25, 0.3) is 0 Å². The van der Waals surface area contributed by atoms with Crippen LogP contribution >= 0.6 is 15.9 Å². The van der Waals surface area contributed by atoms with E-state index < -0.39 is 0 Å². The van der Waals surface area contributed by atoms with Crippen LogP contribution in [0.25, 0.3) is 0 Å². The molecule has 1 atom stereocenters. The minimum atomic E-state index is 0.589. The smallest absolute Gasteiger partial charge is 0.119 e. The fourth-order valence-corrected chi connectivity index (χ4v) is 2.65. The molecule has 1 nitrogen and oxygen atoms in total. The summed E-state index contributed by atoms with van der Waals surface area (Å²) in [6.07, 6.45) is 7.70. The number of hydrogen-bond donors (Lipinski definition) is 0. The van der Waals surface area contributed by atoms with Crippen molar-refractivity contribution in [2.24, 2.45) is 0 Å². The highest BCUT2D eigenvalue weighted by Gasteiger charge is 2.06. The van der Waals surface area contributed by atoms with Gasteiger partial charge >= 0.3 is 0 Å². The number of methoxy groups -OCH3 is 1. The third-order valence-electron chi connectivity index (χ3n) is 2.96. The number of alkyl halides is 1. The number of hydrogen-bond acceptors (Lipinski definition) is 1. The van der Waals surface area contributed by atoms with Crippen LogP contribution in [0.4, 0.5) is 0 Å². The number of halogens is 1. The van der Waals surface area contributed by atoms with Crippen LogP contribution in [-0.2, 0) is 6.42 Å². The van der Waals surface area contributed by atoms with E-state index in [9.17, 15) is 0 Å². The molecule has 0 heterocycles. The summed E-state index contributed by atoms with van der Waals surface area (Å²) in [6.45, 7) is 2.25.